The number of benzene rings is 1. The monoisotopic (exact) mass is 381 g/mol. The lowest BCUT2D eigenvalue weighted by molar-refractivity contribution is -0.132. The lowest BCUT2D eigenvalue weighted by atomic mass is 9.96. The number of aryl methyl sites for hydroxylation is 1. The Bertz CT molecular complexity index is 880. The topological polar surface area (TPSA) is 107 Å². The summed E-state index contributed by atoms with van der Waals surface area (Å²) in [6.45, 7) is 6.46. The summed E-state index contributed by atoms with van der Waals surface area (Å²) in [5, 5.41) is 6.82. The minimum Gasteiger partial charge on any atom is -0.339 e. The van der Waals surface area contributed by atoms with Crippen LogP contribution in [0.5, 0.6) is 0 Å². The molecule has 0 spiro atoms. The van der Waals surface area contributed by atoms with Crippen LogP contribution in [0.3, 0.4) is 0 Å². The number of H-pyrrole nitrogens is 1. The summed E-state index contributed by atoms with van der Waals surface area (Å²) in [5.41, 5.74) is 7.80. The number of carbonyl (C=O) groups excluding carboxylic acids is 3. The van der Waals surface area contributed by atoms with Gasteiger partial charge in [-0.3, -0.25) is 30.3 Å². The molecule has 146 valence electrons. The van der Waals surface area contributed by atoms with Crippen LogP contribution in [0.1, 0.15) is 28.9 Å². The highest BCUT2D eigenvalue weighted by molar-refractivity contribution is 5.94. The number of hydrazine groups is 1. The second-order valence-electron chi connectivity index (χ2n) is 6.78. The number of piperidine rings is 1. The average molecular weight is 381 g/mol. The van der Waals surface area contributed by atoms with E-state index >= 15 is 0 Å². The molecular formula is C20H23N5O3. The summed E-state index contributed by atoms with van der Waals surface area (Å²) in [7, 11) is 0. The van der Waals surface area contributed by atoms with Gasteiger partial charge in [0.05, 0.1) is 5.69 Å². The SMILES string of the molecule is C=CC(=O)N1CCC(C(=O)NNC(=O)c2cc(-c3ccc(C)cc3)n[nH]2)CC1. The van der Waals surface area contributed by atoms with Gasteiger partial charge >= 0.3 is 0 Å². The summed E-state index contributed by atoms with van der Waals surface area (Å²) >= 11 is 0. The number of carbonyl (C=O) groups is 3. The van der Waals surface area contributed by atoms with Crippen LogP contribution in [0.2, 0.25) is 0 Å². The number of hydrogen-bond acceptors (Lipinski definition) is 4. The summed E-state index contributed by atoms with van der Waals surface area (Å²) in [6.07, 6.45) is 2.36. The van der Waals surface area contributed by atoms with Gasteiger partial charge in [0.25, 0.3) is 5.91 Å². The number of likely N-dealkylation sites (tertiary alicyclic amines) is 1. The zero-order valence-corrected chi connectivity index (χ0v) is 15.7. The van der Waals surface area contributed by atoms with E-state index in [1.165, 1.54) is 6.08 Å². The molecule has 2 aromatic rings. The molecule has 1 fully saturated rings. The fourth-order valence-electron chi connectivity index (χ4n) is 3.09. The first-order valence-corrected chi connectivity index (χ1v) is 9.12. The number of hydrogen-bond donors (Lipinski definition) is 3. The van der Waals surface area contributed by atoms with E-state index in [1.807, 2.05) is 31.2 Å². The Morgan fingerprint density at radius 1 is 1.18 bits per heavy atom. The van der Waals surface area contributed by atoms with Crippen molar-refractivity contribution in [1.29, 1.82) is 0 Å². The lowest BCUT2D eigenvalue weighted by Gasteiger charge is -2.30. The van der Waals surface area contributed by atoms with Gasteiger partial charge in [-0.25, -0.2) is 0 Å². The van der Waals surface area contributed by atoms with Crippen LogP contribution < -0.4 is 10.9 Å². The van der Waals surface area contributed by atoms with E-state index in [-0.39, 0.29) is 23.4 Å². The molecule has 0 atom stereocenters. The number of aromatic nitrogens is 2. The van der Waals surface area contributed by atoms with E-state index in [0.717, 1.165) is 11.1 Å². The number of rotatable bonds is 4. The first-order valence-electron chi connectivity index (χ1n) is 9.12. The van der Waals surface area contributed by atoms with Gasteiger partial charge in [-0.2, -0.15) is 5.10 Å². The van der Waals surface area contributed by atoms with Crippen LogP contribution in [0.25, 0.3) is 11.3 Å². The van der Waals surface area contributed by atoms with Gasteiger partial charge in [0.1, 0.15) is 5.69 Å². The van der Waals surface area contributed by atoms with E-state index < -0.39 is 5.91 Å². The number of aromatic amines is 1. The summed E-state index contributed by atoms with van der Waals surface area (Å²) in [5.74, 6) is -1.12. The van der Waals surface area contributed by atoms with Crippen LogP contribution in [-0.2, 0) is 9.59 Å². The van der Waals surface area contributed by atoms with Crippen LogP contribution in [0, 0.1) is 12.8 Å². The average Bonchev–Trinajstić information content (AvgIpc) is 3.22. The lowest BCUT2D eigenvalue weighted by Crippen LogP contribution is -2.48. The maximum atomic E-state index is 12.3. The molecule has 8 heteroatoms. The molecule has 0 bridgehead atoms. The normalized spacial score (nSPS) is 14.4. The van der Waals surface area contributed by atoms with Crippen LogP contribution >= 0.6 is 0 Å². The van der Waals surface area contributed by atoms with Crippen molar-refractivity contribution in [2.24, 2.45) is 5.92 Å². The van der Waals surface area contributed by atoms with Crippen molar-refractivity contribution in [1.82, 2.24) is 25.9 Å². The van der Waals surface area contributed by atoms with Crippen molar-refractivity contribution < 1.29 is 14.4 Å². The van der Waals surface area contributed by atoms with E-state index in [1.54, 1.807) is 11.0 Å². The van der Waals surface area contributed by atoms with Crippen molar-refractivity contribution in [2.75, 3.05) is 13.1 Å². The predicted molar refractivity (Wildman–Crippen MR) is 104 cm³/mol. The molecule has 1 aromatic carbocycles. The molecule has 0 aliphatic carbocycles. The molecule has 0 saturated carbocycles. The third-order valence-electron chi connectivity index (χ3n) is 4.82. The largest absolute Gasteiger partial charge is 0.339 e. The molecular weight excluding hydrogens is 358 g/mol. The molecule has 3 amide bonds. The van der Waals surface area contributed by atoms with Gasteiger partial charge in [0, 0.05) is 24.6 Å². The molecule has 1 saturated heterocycles. The number of amides is 3. The quantitative estimate of drug-likeness (QED) is 0.552. The van der Waals surface area contributed by atoms with Crippen molar-refractivity contribution in [3.63, 3.8) is 0 Å². The van der Waals surface area contributed by atoms with Gasteiger partial charge in [-0.1, -0.05) is 36.4 Å². The Morgan fingerprint density at radius 3 is 2.50 bits per heavy atom. The van der Waals surface area contributed by atoms with E-state index in [4.69, 9.17) is 0 Å². The molecule has 0 radical (unpaired) electrons. The summed E-state index contributed by atoms with van der Waals surface area (Å²) in [4.78, 5) is 37.7. The molecule has 1 aromatic heterocycles. The van der Waals surface area contributed by atoms with Crippen LogP contribution in [-0.4, -0.2) is 45.9 Å². The second-order valence-corrected chi connectivity index (χ2v) is 6.78. The predicted octanol–water partition coefficient (Wildman–Crippen LogP) is 1.57. The van der Waals surface area contributed by atoms with Gasteiger partial charge in [0.15, 0.2) is 0 Å². The smallest absolute Gasteiger partial charge is 0.287 e. The molecule has 8 nitrogen and oxygen atoms in total. The minimum atomic E-state index is -0.474. The van der Waals surface area contributed by atoms with Crippen molar-refractivity contribution in [3.8, 4) is 11.3 Å². The molecule has 0 unspecified atom stereocenters. The van der Waals surface area contributed by atoms with Gasteiger partial charge in [-0.05, 0) is 31.9 Å². The standard InChI is InChI=1S/C20H23N5O3/c1-3-18(26)25-10-8-15(9-11-25)19(27)23-24-20(28)17-12-16(21-22-17)14-6-4-13(2)5-7-14/h3-7,12,15H,1,8-11H2,2H3,(H,21,22)(H,23,27)(H,24,28). The fraction of sp³-hybridized carbons (Fsp3) is 0.300. The van der Waals surface area contributed by atoms with Crippen molar-refractivity contribution in [2.45, 2.75) is 19.8 Å². The zero-order valence-electron chi connectivity index (χ0n) is 15.7. The molecule has 3 rings (SSSR count). The Morgan fingerprint density at radius 2 is 1.86 bits per heavy atom. The van der Waals surface area contributed by atoms with Gasteiger partial charge < -0.3 is 4.90 Å². The van der Waals surface area contributed by atoms with Crippen molar-refractivity contribution >= 4 is 17.7 Å². The third-order valence-corrected chi connectivity index (χ3v) is 4.82. The van der Waals surface area contributed by atoms with Crippen LogP contribution in [0.4, 0.5) is 0 Å². The Labute approximate surface area is 163 Å². The Hall–Kier alpha value is -3.42. The minimum absolute atomic E-state index is 0.129. The molecule has 1 aliphatic heterocycles. The van der Waals surface area contributed by atoms with Crippen LogP contribution in [0.15, 0.2) is 43.0 Å². The maximum absolute atomic E-state index is 12.3. The van der Waals surface area contributed by atoms with Gasteiger partial charge in [0.2, 0.25) is 11.8 Å². The van der Waals surface area contributed by atoms with E-state index in [9.17, 15) is 14.4 Å². The Kier molecular flexibility index (Phi) is 5.88. The second kappa shape index (κ2) is 8.51. The highest BCUT2D eigenvalue weighted by Gasteiger charge is 2.26. The first-order chi connectivity index (χ1) is 13.5. The molecule has 2 heterocycles. The third kappa shape index (κ3) is 4.46. The highest BCUT2D eigenvalue weighted by atomic mass is 16.2. The van der Waals surface area contributed by atoms with Crippen molar-refractivity contribution in [3.05, 3.63) is 54.2 Å². The molecule has 28 heavy (non-hydrogen) atoms. The number of nitrogens with zero attached hydrogens (tertiary/aromatic N) is 2. The summed E-state index contributed by atoms with van der Waals surface area (Å²) in [6, 6.07) is 9.43. The van der Waals surface area contributed by atoms with E-state index in [2.05, 4.69) is 27.6 Å². The van der Waals surface area contributed by atoms with E-state index in [0.29, 0.717) is 31.6 Å². The fourth-order valence-corrected chi connectivity index (χ4v) is 3.09. The highest BCUT2D eigenvalue weighted by Crippen LogP contribution is 2.19. The maximum Gasteiger partial charge on any atom is 0.287 e. The zero-order chi connectivity index (χ0) is 20.1. The molecule has 1 aliphatic rings. The molecule has 3 N–H and O–H groups in total. The Balaban J connectivity index is 1.50. The van der Waals surface area contributed by atoms with Gasteiger partial charge in [-0.15, -0.1) is 0 Å². The summed E-state index contributed by atoms with van der Waals surface area (Å²) < 4.78 is 0. The first kappa shape index (κ1) is 19.3. The number of nitrogens with one attached hydrogen (secondary N) is 3.